The zero-order valence-corrected chi connectivity index (χ0v) is 16.4. The van der Waals surface area contributed by atoms with Crippen molar-refractivity contribution in [2.75, 3.05) is 12.4 Å². The van der Waals surface area contributed by atoms with Crippen molar-refractivity contribution in [3.63, 3.8) is 0 Å². The van der Waals surface area contributed by atoms with Crippen LogP contribution in [0.5, 0.6) is 0 Å². The summed E-state index contributed by atoms with van der Waals surface area (Å²) >= 11 is 0. The number of nitrogens with one attached hydrogen (secondary N) is 1. The Kier molecular flexibility index (Phi) is 7.21. The molecule has 1 aliphatic heterocycles. The van der Waals surface area contributed by atoms with Crippen LogP contribution in [0.25, 0.3) is 0 Å². The number of H-pyrrole nitrogens is 1. The van der Waals surface area contributed by atoms with E-state index in [-0.39, 0.29) is 23.3 Å². The Balaban J connectivity index is 2.01. The highest BCUT2D eigenvalue weighted by Gasteiger charge is 2.35. The van der Waals surface area contributed by atoms with Crippen molar-refractivity contribution in [2.45, 2.75) is 63.2 Å². The van der Waals surface area contributed by atoms with E-state index in [9.17, 15) is 14.7 Å². The quantitative estimate of drug-likeness (QED) is 0.476. The van der Waals surface area contributed by atoms with Crippen molar-refractivity contribution >= 4 is 21.6 Å². The summed E-state index contributed by atoms with van der Waals surface area (Å²) in [6.07, 6.45) is 0.880. The minimum atomic E-state index is -0.830. The van der Waals surface area contributed by atoms with Gasteiger partial charge >= 0.3 is 5.69 Å². The van der Waals surface area contributed by atoms with Gasteiger partial charge in [-0.25, -0.2) is 4.79 Å². The molecule has 9 heteroatoms. The third kappa shape index (κ3) is 5.89. The lowest BCUT2D eigenvalue weighted by molar-refractivity contribution is -0.0460. The molecule has 7 nitrogen and oxygen atoms in total. The Labute approximate surface area is 154 Å². The second kappa shape index (κ2) is 8.77. The minimum absolute atomic E-state index is 0.194. The highest BCUT2D eigenvalue weighted by atomic mass is 33.1. The maximum Gasteiger partial charge on any atom is 0.330 e. The van der Waals surface area contributed by atoms with Gasteiger partial charge in [0, 0.05) is 28.7 Å². The van der Waals surface area contributed by atoms with Gasteiger partial charge < -0.3 is 14.9 Å². The molecule has 25 heavy (non-hydrogen) atoms. The summed E-state index contributed by atoms with van der Waals surface area (Å²) in [5, 5.41) is 19.0. The SMILES string of the molecule is CC(C)(C)SSCCCc1cn([C@H]2C[C@H](O)[C@@H](CO)O2)c(=O)[nH]c1=O. The van der Waals surface area contributed by atoms with E-state index in [0.717, 1.165) is 12.2 Å². The van der Waals surface area contributed by atoms with Gasteiger partial charge in [0.05, 0.1) is 12.7 Å². The van der Waals surface area contributed by atoms with E-state index in [1.165, 1.54) is 10.8 Å². The molecule has 1 fully saturated rings. The van der Waals surface area contributed by atoms with Crippen LogP contribution in [0.2, 0.25) is 0 Å². The fourth-order valence-corrected chi connectivity index (χ4v) is 4.87. The molecule has 142 valence electrons. The van der Waals surface area contributed by atoms with Gasteiger partial charge in [-0.05, 0) is 12.8 Å². The van der Waals surface area contributed by atoms with Gasteiger partial charge in [0.2, 0.25) is 0 Å². The Morgan fingerprint density at radius 1 is 1.40 bits per heavy atom. The predicted octanol–water partition coefficient (Wildman–Crippen LogP) is 1.29. The van der Waals surface area contributed by atoms with Gasteiger partial charge in [-0.1, -0.05) is 42.4 Å². The highest BCUT2D eigenvalue weighted by Crippen LogP contribution is 2.35. The number of aliphatic hydroxyl groups is 2. The van der Waals surface area contributed by atoms with Crippen molar-refractivity contribution in [2.24, 2.45) is 0 Å². The molecule has 0 aromatic carbocycles. The average molecular weight is 391 g/mol. The number of aromatic nitrogens is 2. The van der Waals surface area contributed by atoms with Gasteiger partial charge in [0.1, 0.15) is 12.3 Å². The van der Waals surface area contributed by atoms with Crippen molar-refractivity contribution in [1.29, 1.82) is 0 Å². The van der Waals surface area contributed by atoms with Crippen molar-refractivity contribution in [3.05, 3.63) is 32.6 Å². The predicted molar refractivity (Wildman–Crippen MR) is 101 cm³/mol. The lowest BCUT2D eigenvalue weighted by Crippen LogP contribution is -2.34. The minimum Gasteiger partial charge on any atom is -0.394 e. The first-order valence-corrected chi connectivity index (χ1v) is 10.6. The lowest BCUT2D eigenvalue weighted by atomic mass is 10.2. The van der Waals surface area contributed by atoms with Crippen LogP contribution in [-0.4, -0.2) is 49.1 Å². The zero-order valence-electron chi connectivity index (χ0n) is 14.7. The van der Waals surface area contributed by atoms with Gasteiger partial charge in [0.25, 0.3) is 5.56 Å². The van der Waals surface area contributed by atoms with E-state index in [0.29, 0.717) is 12.0 Å². The number of aryl methyl sites for hydroxylation is 1. The number of ether oxygens (including phenoxy) is 1. The number of nitrogens with zero attached hydrogens (tertiary/aromatic N) is 1. The largest absolute Gasteiger partial charge is 0.394 e. The Bertz CT molecular complexity index is 682. The van der Waals surface area contributed by atoms with Crippen LogP contribution >= 0.6 is 21.6 Å². The molecular weight excluding hydrogens is 364 g/mol. The van der Waals surface area contributed by atoms with Crippen molar-refractivity contribution in [1.82, 2.24) is 9.55 Å². The first kappa shape index (κ1) is 20.6. The van der Waals surface area contributed by atoms with Gasteiger partial charge in [-0.3, -0.25) is 14.3 Å². The molecule has 2 heterocycles. The van der Waals surface area contributed by atoms with E-state index in [1.54, 1.807) is 21.6 Å². The fraction of sp³-hybridized carbons (Fsp3) is 0.750. The molecule has 0 aliphatic carbocycles. The van der Waals surface area contributed by atoms with E-state index in [1.807, 2.05) is 0 Å². The molecule has 0 spiro atoms. The first-order valence-electron chi connectivity index (χ1n) is 8.30. The average Bonchev–Trinajstić information content (AvgIpc) is 2.88. The molecule has 0 bridgehead atoms. The van der Waals surface area contributed by atoms with Crippen molar-refractivity contribution in [3.8, 4) is 0 Å². The summed E-state index contributed by atoms with van der Waals surface area (Å²) < 4.78 is 6.99. The smallest absolute Gasteiger partial charge is 0.330 e. The first-order chi connectivity index (χ1) is 11.7. The summed E-state index contributed by atoms with van der Waals surface area (Å²) in [4.78, 5) is 26.4. The molecule has 0 amide bonds. The molecule has 1 saturated heterocycles. The monoisotopic (exact) mass is 390 g/mol. The summed E-state index contributed by atoms with van der Waals surface area (Å²) in [5.41, 5.74) is -0.430. The van der Waals surface area contributed by atoms with E-state index < -0.39 is 24.1 Å². The molecule has 1 aromatic rings. The molecule has 1 aliphatic rings. The number of hydrogen-bond donors (Lipinski definition) is 3. The summed E-state index contributed by atoms with van der Waals surface area (Å²) in [7, 11) is 3.58. The van der Waals surface area contributed by atoms with Crippen molar-refractivity contribution < 1.29 is 14.9 Å². The Hall–Kier alpha value is -0.740. The van der Waals surface area contributed by atoms with Crippen LogP contribution in [0.4, 0.5) is 0 Å². The molecule has 0 saturated carbocycles. The molecule has 0 radical (unpaired) electrons. The van der Waals surface area contributed by atoms with E-state index in [2.05, 4.69) is 25.8 Å². The Morgan fingerprint density at radius 2 is 2.12 bits per heavy atom. The topological polar surface area (TPSA) is 105 Å². The molecule has 3 N–H and O–H groups in total. The summed E-state index contributed by atoms with van der Waals surface area (Å²) in [5.74, 6) is 0.908. The van der Waals surface area contributed by atoms with Crippen LogP contribution in [0.1, 0.15) is 45.4 Å². The molecule has 3 atom stereocenters. The van der Waals surface area contributed by atoms with Crippen LogP contribution in [0.15, 0.2) is 15.8 Å². The number of hydrogen-bond acceptors (Lipinski definition) is 7. The molecular formula is C16H26N2O5S2. The standard InChI is InChI=1S/C16H26N2O5S2/c1-16(2,3)25-24-6-4-5-10-8-18(15(22)17-14(10)21)13-7-11(20)12(9-19)23-13/h8,11-13,19-20H,4-7,9H2,1-3H3,(H,17,21,22)/t11-,12+,13+/m0/s1. The molecule has 2 rings (SSSR count). The maximum atomic E-state index is 12.0. The number of aromatic amines is 1. The lowest BCUT2D eigenvalue weighted by Gasteiger charge is -2.16. The molecule has 1 aromatic heterocycles. The van der Waals surface area contributed by atoms with Gasteiger partial charge in [0.15, 0.2) is 0 Å². The second-order valence-corrected chi connectivity index (χ2v) is 10.3. The number of rotatable bonds is 7. The van der Waals surface area contributed by atoms with E-state index >= 15 is 0 Å². The zero-order chi connectivity index (χ0) is 18.6. The van der Waals surface area contributed by atoms with Crippen LogP contribution in [0.3, 0.4) is 0 Å². The maximum absolute atomic E-state index is 12.0. The van der Waals surface area contributed by atoms with Gasteiger partial charge in [-0.2, -0.15) is 0 Å². The third-order valence-corrected chi connectivity index (χ3v) is 7.15. The fourth-order valence-electron chi connectivity index (χ4n) is 2.51. The van der Waals surface area contributed by atoms with E-state index in [4.69, 9.17) is 9.84 Å². The van der Waals surface area contributed by atoms with Gasteiger partial charge in [-0.15, -0.1) is 0 Å². The Morgan fingerprint density at radius 3 is 2.72 bits per heavy atom. The molecule has 0 unspecified atom stereocenters. The highest BCUT2D eigenvalue weighted by molar-refractivity contribution is 8.77. The summed E-state index contributed by atoms with van der Waals surface area (Å²) in [6, 6.07) is 0. The van der Waals surface area contributed by atoms with Crippen LogP contribution in [0, 0.1) is 0 Å². The second-order valence-electron chi connectivity index (χ2n) is 7.06. The number of aliphatic hydroxyl groups excluding tert-OH is 2. The third-order valence-electron chi connectivity index (χ3n) is 3.72. The van der Waals surface area contributed by atoms with Crippen LogP contribution in [-0.2, 0) is 11.2 Å². The van der Waals surface area contributed by atoms with Crippen LogP contribution < -0.4 is 11.2 Å². The summed E-state index contributed by atoms with van der Waals surface area (Å²) in [6.45, 7) is 6.15. The normalized spacial score (nSPS) is 24.0.